The number of carbonyl (C=O) groups excluding carboxylic acids is 1. The van der Waals surface area contributed by atoms with Gasteiger partial charge >= 0.3 is 5.97 Å². The molecule has 2 aliphatic heterocycles. The number of esters is 1. The SMILES string of the molecule is CC(=O)OC1C(N2CCCN=C2NC#N)c2cc(C#N)ccc2OC1(C)C. The van der Waals surface area contributed by atoms with Gasteiger partial charge in [0.25, 0.3) is 0 Å². The van der Waals surface area contributed by atoms with Crippen molar-refractivity contribution < 1.29 is 14.3 Å². The first-order valence-corrected chi connectivity index (χ1v) is 8.74. The van der Waals surface area contributed by atoms with Gasteiger partial charge in [-0.2, -0.15) is 10.5 Å². The number of aliphatic imine (C=N–C) groups is 1. The Hall–Kier alpha value is -3.26. The van der Waals surface area contributed by atoms with Crippen molar-refractivity contribution >= 4 is 11.9 Å². The summed E-state index contributed by atoms with van der Waals surface area (Å²) in [6.07, 6.45) is 2.06. The first kappa shape index (κ1) is 18.5. The van der Waals surface area contributed by atoms with Crippen molar-refractivity contribution in [2.45, 2.75) is 44.9 Å². The zero-order valence-electron chi connectivity index (χ0n) is 15.5. The molecule has 3 rings (SSSR count). The zero-order chi connectivity index (χ0) is 19.6. The summed E-state index contributed by atoms with van der Waals surface area (Å²) >= 11 is 0. The van der Waals surface area contributed by atoms with Gasteiger partial charge in [-0.3, -0.25) is 15.1 Å². The predicted molar refractivity (Wildman–Crippen MR) is 96.5 cm³/mol. The Morgan fingerprint density at radius 2 is 2.22 bits per heavy atom. The molecule has 1 aromatic rings. The van der Waals surface area contributed by atoms with Gasteiger partial charge < -0.3 is 14.4 Å². The van der Waals surface area contributed by atoms with Gasteiger partial charge in [0.15, 0.2) is 12.3 Å². The molecule has 0 aromatic heterocycles. The van der Waals surface area contributed by atoms with E-state index in [0.717, 1.165) is 12.0 Å². The molecule has 0 saturated heterocycles. The maximum absolute atomic E-state index is 11.8. The minimum atomic E-state index is -0.813. The Morgan fingerprint density at radius 3 is 2.89 bits per heavy atom. The quantitative estimate of drug-likeness (QED) is 0.482. The molecule has 1 N–H and O–H groups in total. The van der Waals surface area contributed by atoms with Crippen LogP contribution in [0, 0.1) is 22.8 Å². The average Bonchev–Trinajstić information content (AvgIpc) is 2.62. The third kappa shape index (κ3) is 3.52. The first-order valence-electron chi connectivity index (χ1n) is 8.74. The molecule has 8 heteroatoms. The van der Waals surface area contributed by atoms with E-state index < -0.39 is 23.7 Å². The van der Waals surface area contributed by atoms with Gasteiger partial charge in [-0.25, -0.2) is 0 Å². The fraction of sp³-hybridized carbons (Fsp3) is 0.474. The van der Waals surface area contributed by atoms with Crippen LogP contribution in [0.25, 0.3) is 0 Å². The van der Waals surface area contributed by atoms with Crippen LogP contribution in [0.3, 0.4) is 0 Å². The highest BCUT2D eigenvalue weighted by molar-refractivity contribution is 5.82. The lowest BCUT2D eigenvalue weighted by atomic mass is 9.84. The average molecular weight is 367 g/mol. The van der Waals surface area contributed by atoms with E-state index in [1.54, 1.807) is 18.2 Å². The van der Waals surface area contributed by atoms with E-state index in [1.807, 2.05) is 24.9 Å². The first-order chi connectivity index (χ1) is 12.9. The maximum atomic E-state index is 11.8. The highest BCUT2D eigenvalue weighted by atomic mass is 16.6. The molecule has 0 fully saturated rings. The summed E-state index contributed by atoms with van der Waals surface area (Å²) in [5, 5.41) is 21.0. The molecule has 0 aliphatic carbocycles. The molecule has 0 spiro atoms. The number of nitrogens with one attached hydrogen (secondary N) is 1. The number of nitriles is 2. The van der Waals surface area contributed by atoms with Crippen molar-refractivity contribution in [2.24, 2.45) is 4.99 Å². The number of fused-ring (bicyclic) bond motifs is 1. The van der Waals surface area contributed by atoms with E-state index in [2.05, 4.69) is 16.4 Å². The molecule has 2 heterocycles. The number of rotatable bonds is 2. The molecule has 2 aliphatic rings. The van der Waals surface area contributed by atoms with Crippen LogP contribution < -0.4 is 10.1 Å². The third-order valence-corrected chi connectivity index (χ3v) is 4.69. The van der Waals surface area contributed by atoms with Gasteiger partial charge in [0.1, 0.15) is 17.4 Å². The Labute approximate surface area is 158 Å². The van der Waals surface area contributed by atoms with Crippen LogP contribution in [-0.2, 0) is 9.53 Å². The van der Waals surface area contributed by atoms with E-state index in [0.29, 0.717) is 30.4 Å². The molecule has 27 heavy (non-hydrogen) atoms. The fourth-order valence-electron chi connectivity index (χ4n) is 3.60. The highest BCUT2D eigenvalue weighted by Crippen LogP contribution is 2.45. The van der Waals surface area contributed by atoms with E-state index in [1.165, 1.54) is 6.92 Å². The molecule has 140 valence electrons. The van der Waals surface area contributed by atoms with Gasteiger partial charge in [-0.1, -0.05) is 0 Å². The normalized spacial score (nSPS) is 23.0. The Kier molecular flexibility index (Phi) is 4.91. The number of carbonyl (C=O) groups is 1. The van der Waals surface area contributed by atoms with Gasteiger partial charge in [0.05, 0.1) is 11.6 Å². The van der Waals surface area contributed by atoms with Crippen molar-refractivity contribution in [1.82, 2.24) is 10.2 Å². The summed E-state index contributed by atoms with van der Waals surface area (Å²) in [4.78, 5) is 18.2. The summed E-state index contributed by atoms with van der Waals surface area (Å²) in [5.74, 6) is 0.622. The van der Waals surface area contributed by atoms with Crippen molar-refractivity contribution in [3.8, 4) is 18.0 Å². The van der Waals surface area contributed by atoms with Gasteiger partial charge in [-0.05, 0) is 38.5 Å². The lowest BCUT2D eigenvalue weighted by molar-refractivity contribution is -0.166. The second-order valence-corrected chi connectivity index (χ2v) is 7.03. The smallest absolute Gasteiger partial charge is 0.303 e. The number of ether oxygens (including phenoxy) is 2. The van der Waals surface area contributed by atoms with E-state index in [9.17, 15) is 10.1 Å². The molecular formula is C19H21N5O3. The molecule has 0 saturated carbocycles. The number of hydrogen-bond donors (Lipinski definition) is 1. The third-order valence-electron chi connectivity index (χ3n) is 4.69. The summed E-state index contributed by atoms with van der Waals surface area (Å²) in [7, 11) is 0. The van der Waals surface area contributed by atoms with Crippen LogP contribution in [-0.4, -0.2) is 41.6 Å². The zero-order valence-corrected chi connectivity index (χ0v) is 15.5. The summed E-state index contributed by atoms with van der Waals surface area (Å²) < 4.78 is 11.8. The number of guanidine groups is 1. The van der Waals surface area contributed by atoms with Crippen LogP contribution in [0.4, 0.5) is 0 Å². The molecule has 0 radical (unpaired) electrons. The van der Waals surface area contributed by atoms with Crippen molar-refractivity contribution in [3.63, 3.8) is 0 Å². The van der Waals surface area contributed by atoms with Crippen molar-refractivity contribution in [1.29, 1.82) is 10.5 Å². The van der Waals surface area contributed by atoms with Gasteiger partial charge in [0.2, 0.25) is 5.96 Å². The Bertz CT molecular complexity index is 865. The molecule has 2 atom stereocenters. The second-order valence-electron chi connectivity index (χ2n) is 7.03. The van der Waals surface area contributed by atoms with Crippen LogP contribution >= 0.6 is 0 Å². The Balaban J connectivity index is 2.17. The molecule has 8 nitrogen and oxygen atoms in total. The molecular weight excluding hydrogens is 346 g/mol. The van der Waals surface area contributed by atoms with E-state index in [-0.39, 0.29) is 0 Å². The van der Waals surface area contributed by atoms with E-state index in [4.69, 9.17) is 14.7 Å². The molecule has 2 unspecified atom stereocenters. The van der Waals surface area contributed by atoms with Crippen molar-refractivity contribution in [3.05, 3.63) is 29.3 Å². The lowest BCUT2D eigenvalue weighted by Gasteiger charge is -2.48. The molecule has 1 aromatic carbocycles. The summed E-state index contributed by atoms with van der Waals surface area (Å²) in [5.41, 5.74) is 0.397. The van der Waals surface area contributed by atoms with Gasteiger partial charge in [0, 0.05) is 25.6 Å². The monoisotopic (exact) mass is 367 g/mol. The fourth-order valence-corrected chi connectivity index (χ4v) is 3.60. The Morgan fingerprint density at radius 1 is 1.44 bits per heavy atom. The van der Waals surface area contributed by atoms with Crippen LogP contribution in [0.15, 0.2) is 23.2 Å². The summed E-state index contributed by atoms with van der Waals surface area (Å²) in [6, 6.07) is 6.88. The van der Waals surface area contributed by atoms with Crippen LogP contribution in [0.1, 0.15) is 44.4 Å². The summed E-state index contributed by atoms with van der Waals surface area (Å²) in [6.45, 7) is 6.30. The van der Waals surface area contributed by atoms with Crippen molar-refractivity contribution in [2.75, 3.05) is 13.1 Å². The largest absolute Gasteiger partial charge is 0.484 e. The highest BCUT2D eigenvalue weighted by Gasteiger charge is 2.49. The number of nitrogens with zero attached hydrogens (tertiary/aromatic N) is 4. The van der Waals surface area contributed by atoms with Gasteiger partial charge in [-0.15, -0.1) is 0 Å². The predicted octanol–water partition coefficient (Wildman–Crippen LogP) is 1.83. The standard InChI is InChI=1S/C19H21N5O3/c1-12(25)26-17-16(24-8-4-7-22-18(24)23-11-21)14-9-13(10-20)5-6-15(14)27-19(17,2)3/h5-6,9,16-17H,4,7-8H2,1-3H3,(H,22,23). The van der Waals surface area contributed by atoms with Crippen LogP contribution in [0.2, 0.25) is 0 Å². The number of hydrogen-bond acceptors (Lipinski definition) is 8. The minimum absolute atomic E-state index is 0.426. The minimum Gasteiger partial charge on any atom is -0.484 e. The van der Waals surface area contributed by atoms with E-state index >= 15 is 0 Å². The molecule has 0 amide bonds. The lowest BCUT2D eigenvalue weighted by Crippen LogP contribution is -2.58. The number of benzene rings is 1. The topological polar surface area (TPSA) is 111 Å². The second kappa shape index (κ2) is 7.16. The maximum Gasteiger partial charge on any atom is 0.303 e. The molecule has 0 bridgehead atoms. The van der Waals surface area contributed by atoms with Crippen LogP contribution in [0.5, 0.6) is 5.75 Å².